The van der Waals surface area contributed by atoms with Gasteiger partial charge in [-0.25, -0.2) is 0 Å². The zero-order chi connectivity index (χ0) is 14.7. The van der Waals surface area contributed by atoms with Crippen LogP contribution in [0.15, 0.2) is 0 Å². The molecule has 0 aliphatic carbocycles. The molecular formula is C13H22Cl2O4. The molecule has 0 aromatic carbocycles. The fourth-order valence-corrected chi connectivity index (χ4v) is 1.45. The lowest BCUT2D eigenvalue weighted by Gasteiger charge is -2.09. The number of carbonyl (C=O) groups is 2. The van der Waals surface area contributed by atoms with Crippen molar-refractivity contribution in [2.45, 2.75) is 56.7 Å². The highest BCUT2D eigenvalue weighted by atomic mass is 35.5. The minimum absolute atomic E-state index is 0.181. The Morgan fingerprint density at radius 1 is 0.895 bits per heavy atom. The molecule has 0 rings (SSSR count). The minimum Gasteiger partial charge on any atom is -0.465 e. The van der Waals surface area contributed by atoms with E-state index in [0.717, 1.165) is 12.8 Å². The van der Waals surface area contributed by atoms with Gasteiger partial charge < -0.3 is 9.47 Å². The summed E-state index contributed by atoms with van der Waals surface area (Å²) in [6.07, 6.45) is 2.36. The van der Waals surface area contributed by atoms with Crippen LogP contribution >= 0.6 is 23.2 Å². The van der Waals surface area contributed by atoms with Crippen LogP contribution in [0, 0.1) is 0 Å². The first-order valence-electron chi connectivity index (χ1n) is 6.58. The van der Waals surface area contributed by atoms with Crippen LogP contribution in [0.25, 0.3) is 0 Å². The van der Waals surface area contributed by atoms with Crippen LogP contribution in [-0.2, 0) is 19.1 Å². The molecule has 112 valence electrons. The van der Waals surface area contributed by atoms with Crippen molar-refractivity contribution in [3.8, 4) is 0 Å². The van der Waals surface area contributed by atoms with Gasteiger partial charge in [-0.1, -0.05) is 13.8 Å². The van der Waals surface area contributed by atoms with Crippen LogP contribution in [0.2, 0.25) is 0 Å². The Balaban J connectivity index is 3.49. The fraction of sp³-hybridized carbons (Fsp3) is 0.846. The molecule has 0 aliphatic rings. The van der Waals surface area contributed by atoms with E-state index in [2.05, 4.69) is 0 Å². The molecule has 0 fully saturated rings. The first kappa shape index (κ1) is 18.5. The maximum absolute atomic E-state index is 11.3. The van der Waals surface area contributed by atoms with E-state index in [1.54, 1.807) is 0 Å². The number of ether oxygens (including phenoxy) is 2. The predicted octanol–water partition coefficient (Wildman–Crippen LogP) is 3.28. The van der Waals surface area contributed by atoms with Crippen LogP contribution in [0.3, 0.4) is 0 Å². The summed E-state index contributed by atoms with van der Waals surface area (Å²) in [4.78, 5) is 22.5. The third kappa shape index (κ3) is 11.1. The van der Waals surface area contributed by atoms with Crippen molar-refractivity contribution in [3.05, 3.63) is 0 Å². The van der Waals surface area contributed by atoms with Gasteiger partial charge in [0, 0.05) is 17.2 Å². The average Bonchev–Trinajstić information content (AvgIpc) is 2.37. The number of carbonyl (C=O) groups excluding carboxylic acids is 2. The van der Waals surface area contributed by atoms with Gasteiger partial charge in [-0.2, -0.15) is 0 Å². The lowest BCUT2D eigenvalue weighted by atomic mass is 10.2. The Hall–Kier alpha value is -0.480. The summed E-state index contributed by atoms with van der Waals surface area (Å²) < 4.78 is 9.92. The van der Waals surface area contributed by atoms with Crippen LogP contribution in [-0.4, -0.2) is 35.9 Å². The zero-order valence-electron chi connectivity index (χ0n) is 11.5. The number of esters is 2. The second-order valence-electron chi connectivity index (χ2n) is 4.21. The Labute approximate surface area is 124 Å². The van der Waals surface area contributed by atoms with Crippen LogP contribution in [0.4, 0.5) is 0 Å². The Morgan fingerprint density at radius 3 is 1.58 bits per heavy atom. The van der Waals surface area contributed by atoms with Crippen LogP contribution < -0.4 is 0 Å². The highest BCUT2D eigenvalue weighted by Crippen LogP contribution is 2.08. The van der Waals surface area contributed by atoms with Gasteiger partial charge in [0.15, 0.2) is 0 Å². The molecule has 0 spiro atoms. The van der Waals surface area contributed by atoms with E-state index < -0.39 is 0 Å². The topological polar surface area (TPSA) is 52.6 Å². The number of hydrogen-bond donors (Lipinski definition) is 0. The van der Waals surface area contributed by atoms with Crippen molar-refractivity contribution in [2.75, 3.05) is 13.2 Å². The maximum atomic E-state index is 11.3. The van der Waals surface area contributed by atoms with E-state index >= 15 is 0 Å². The largest absolute Gasteiger partial charge is 0.465 e. The lowest BCUT2D eigenvalue weighted by molar-refractivity contribution is -0.146. The molecule has 19 heavy (non-hydrogen) atoms. The van der Waals surface area contributed by atoms with E-state index in [0.29, 0.717) is 6.42 Å². The standard InChI is InChI=1S/C13H22Cl2O4/c1-3-10(14)8-12(16)18-6-5-7-19-13(17)9-11(15)4-2/h10-11H,3-9H2,1-2H3. The fourth-order valence-electron chi connectivity index (χ4n) is 1.20. The summed E-state index contributed by atoms with van der Waals surface area (Å²) in [5.41, 5.74) is 0. The van der Waals surface area contributed by atoms with E-state index in [-0.39, 0.29) is 48.7 Å². The van der Waals surface area contributed by atoms with Gasteiger partial charge in [-0.15, -0.1) is 23.2 Å². The molecule has 2 unspecified atom stereocenters. The van der Waals surface area contributed by atoms with Crippen LogP contribution in [0.1, 0.15) is 46.0 Å². The van der Waals surface area contributed by atoms with Crippen molar-refractivity contribution >= 4 is 35.1 Å². The molecule has 0 bridgehead atoms. The van der Waals surface area contributed by atoms with Crippen molar-refractivity contribution < 1.29 is 19.1 Å². The normalized spacial score (nSPS) is 13.7. The van der Waals surface area contributed by atoms with Crippen molar-refractivity contribution in [1.29, 1.82) is 0 Å². The average molecular weight is 313 g/mol. The Bertz CT molecular complexity index is 245. The van der Waals surface area contributed by atoms with E-state index in [1.807, 2.05) is 13.8 Å². The molecular weight excluding hydrogens is 291 g/mol. The van der Waals surface area contributed by atoms with Gasteiger partial charge in [-0.3, -0.25) is 9.59 Å². The third-order valence-corrected chi connectivity index (χ3v) is 3.40. The molecule has 0 saturated carbocycles. The van der Waals surface area contributed by atoms with E-state index in [9.17, 15) is 9.59 Å². The molecule has 0 amide bonds. The smallest absolute Gasteiger partial charge is 0.307 e. The first-order chi connectivity index (χ1) is 8.99. The Kier molecular flexibility index (Phi) is 11.1. The summed E-state index contributed by atoms with van der Waals surface area (Å²) in [7, 11) is 0. The summed E-state index contributed by atoms with van der Waals surface area (Å²) in [5, 5.41) is -0.361. The minimum atomic E-state index is -0.319. The summed E-state index contributed by atoms with van der Waals surface area (Å²) in [6, 6.07) is 0. The van der Waals surface area contributed by atoms with Crippen molar-refractivity contribution in [2.24, 2.45) is 0 Å². The quantitative estimate of drug-likeness (QED) is 0.353. The number of halogens is 2. The van der Waals surface area contributed by atoms with Gasteiger partial charge in [0.2, 0.25) is 0 Å². The van der Waals surface area contributed by atoms with E-state index in [1.165, 1.54) is 0 Å². The first-order valence-corrected chi connectivity index (χ1v) is 7.46. The highest BCUT2D eigenvalue weighted by Gasteiger charge is 2.11. The van der Waals surface area contributed by atoms with Crippen molar-refractivity contribution in [1.82, 2.24) is 0 Å². The number of alkyl halides is 2. The highest BCUT2D eigenvalue weighted by molar-refractivity contribution is 6.21. The molecule has 4 nitrogen and oxygen atoms in total. The monoisotopic (exact) mass is 312 g/mol. The second kappa shape index (κ2) is 11.4. The Morgan fingerprint density at radius 2 is 1.26 bits per heavy atom. The summed E-state index contributed by atoms with van der Waals surface area (Å²) in [6.45, 7) is 4.28. The SMILES string of the molecule is CCC(Cl)CC(=O)OCCCOC(=O)CC(Cl)CC. The second-order valence-corrected chi connectivity index (χ2v) is 5.45. The van der Waals surface area contributed by atoms with Crippen molar-refractivity contribution in [3.63, 3.8) is 0 Å². The van der Waals surface area contributed by atoms with Gasteiger partial charge in [-0.05, 0) is 12.8 Å². The van der Waals surface area contributed by atoms with Crippen LogP contribution in [0.5, 0.6) is 0 Å². The molecule has 6 heteroatoms. The molecule has 0 radical (unpaired) electrons. The van der Waals surface area contributed by atoms with Gasteiger partial charge in [0.05, 0.1) is 26.1 Å². The van der Waals surface area contributed by atoms with Gasteiger partial charge in [0.25, 0.3) is 0 Å². The molecule has 0 aromatic heterocycles. The maximum Gasteiger partial charge on any atom is 0.307 e. The third-order valence-electron chi connectivity index (χ3n) is 2.48. The molecule has 0 heterocycles. The lowest BCUT2D eigenvalue weighted by Crippen LogP contribution is -2.15. The molecule has 0 aromatic rings. The number of rotatable bonds is 10. The molecule has 0 N–H and O–H groups in total. The molecule has 2 atom stereocenters. The molecule has 0 aliphatic heterocycles. The molecule has 0 saturated heterocycles. The number of hydrogen-bond acceptors (Lipinski definition) is 4. The van der Waals surface area contributed by atoms with Gasteiger partial charge >= 0.3 is 11.9 Å². The van der Waals surface area contributed by atoms with E-state index in [4.69, 9.17) is 32.7 Å². The summed E-state index contributed by atoms with van der Waals surface area (Å²) >= 11 is 11.6. The summed E-state index contributed by atoms with van der Waals surface area (Å²) in [5.74, 6) is -0.639. The predicted molar refractivity (Wildman–Crippen MR) is 75.6 cm³/mol. The van der Waals surface area contributed by atoms with Gasteiger partial charge in [0.1, 0.15) is 0 Å². The zero-order valence-corrected chi connectivity index (χ0v) is 13.0.